The van der Waals surface area contributed by atoms with Crippen molar-refractivity contribution < 1.29 is 34.1 Å². The van der Waals surface area contributed by atoms with E-state index in [0.29, 0.717) is 25.0 Å². The molecule has 2 atom stereocenters. The number of carbonyl (C=O) groups is 2. The zero-order valence-electron chi connectivity index (χ0n) is 36.8. The number of anilines is 4. The van der Waals surface area contributed by atoms with Crippen LogP contribution in [0.5, 0.6) is 0 Å². The monoisotopic (exact) mass is 910 g/mol. The van der Waals surface area contributed by atoms with Crippen molar-refractivity contribution in [3.63, 3.8) is 0 Å². The Labute approximate surface area is 383 Å². The van der Waals surface area contributed by atoms with E-state index in [4.69, 9.17) is 20.0 Å². The number of hydrogen-bond acceptors (Lipinski definition) is 9. The minimum atomic E-state index is -3.45. The van der Waals surface area contributed by atoms with Crippen molar-refractivity contribution in [2.24, 2.45) is 0 Å². The Balaban J connectivity index is 0.000000208. The highest BCUT2D eigenvalue weighted by Crippen LogP contribution is 2.68. The van der Waals surface area contributed by atoms with Gasteiger partial charge in [0.05, 0.1) is 13.2 Å². The third kappa shape index (κ3) is 10.9. The van der Waals surface area contributed by atoms with Gasteiger partial charge in [-0.2, -0.15) is 0 Å². The molecule has 2 fully saturated rings. The molecule has 0 spiro atoms. The number of esters is 2. The zero-order valence-corrected chi connectivity index (χ0v) is 38.5. The first kappa shape index (κ1) is 48.0. The molecule has 0 aromatic heterocycles. The minimum absolute atomic E-state index is 0.241. The summed E-state index contributed by atoms with van der Waals surface area (Å²) in [5, 5.41) is 13.2. The van der Waals surface area contributed by atoms with Gasteiger partial charge in [-0.15, -0.1) is 0 Å². The minimum Gasteiger partial charge on any atom is -0.465 e. The van der Waals surface area contributed by atoms with Crippen LogP contribution in [0, 0.1) is 0 Å². The van der Waals surface area contributed by atoms with Crippen LogP contribution in [0.1, 0.15) is 36.8 Å². The average molecular weight is 911 g/mol. The summed E-state index contributed by atoms with van der Waals surface area (Å²) in [4.78, 5) is 26.2. The highest BCUT2D eigenvalue weighted by molar-refractivity contribution is 7.71. The Kier molecular flexibility index (Phi) is 17.3. The lowest BCUT2D eigenvalue weighted by atomic mass is 9.99. The Morgan fingerprint density at radius 1 is 0.523 bits per heavy atom. The molecule has 11 nitrogen and oxygen atoms in total. The van der Waals surface area contributed by atoms with E-state index < -0.39 is 33.5 Å². The summed E-state index contributed by atoms with van der Waals surface area (Å²) in [6.07, 6.45) is 0. The van der Waals surface area contributed by atoms with Gasteiger partial charge in [-0.1, -0.05) is 147 Å². The number of rotatable bonds is 14. The molecule has 2 unspecified atom stereocenters. The largest absolute Gasteiger partial charge is 0.465 e. The SMILES string of the molecule is C=C(C(C(=O)OCC)c1ccccc1)P1(=O)N(c2ccccc2)CCN1c1ccccc1.C=C(C(C(=O)OCC)c1ccccc1)P1N(c2ccccc2)CCN1c1ccccc1.OO. The van der Waals surface area contributed by atoms with Crippen molar-refractivity contribution in [1.82, 2.24) is 0 Å². The number of para-hydroxylation sites is 4. The van der Waals surface area contributed by atoms with Crippen LogP contribution in [0.4, 0.5) is 22.7 Å². The van der Waals surface area contributed by atoms with Gasteiger partial charge in [0, 0.05) is 59.6 Å². The van der Waals surface area contributed by atoms with Crippen LogP contribution in [0.2, 0.25) is 0 Å². The van der Waals surface area contributed by atoms with E-state index in [-0.39, 0.29) is 12.6 Å². The van der Waals surface area contributed by atoms with Crippen molar-refractivity contribution in [2.75, 3.05) is 58.1 Å². The summed E-state index contributed by atoms with van der Waals surface area (Å²) in [6, 6.07) is 59.3. The summed E-state index contributed by atoms with van der Waals surface area (Å²) in [7, 11) is -4.47. The van der Waals surface area contributed by atoms with Gasteiger partial charge in [-0.05, 0) is 73.5 Å². The standard InChI is InChI=1S/C26H27N2O3P.C26H27N2O2P.H2O2/c1-3-31-26(29)25(22-13-7-4-8-14-22)21(2)32(30)27(23-15-9-5-10-16-23)19-20-28(32)24-17-11-6-12-18-24;1-3-30-26(29)25(22-13-7-4-8-14-22)21(2)31-27(23-15-9-5-10-16-23)19-20-28(31)24-17-11-6-12-18-24;1-2/h4-18,25H,2-3,19-20H2,1H3;4-18,25H,2-3,19-20H2,1H3;1-2H. The molecule has 336 valence electrons. The lowest BCUT2D eigenvalue weighted by Gasteiger charge is -2.36. The van der Waals surface area contributed by atoms with Crippen molar-refractivity contribution in [2.45, 2.75) is 25.7 Å². The maximum atomic E-state index is 15.0. The number of nitrogens with zero attached hydrogens (tertiary/aromatic N) is 4. The van der Waals surface area contributed by atoms with E-state index >= 15 is 4.57 Å². The molecule has 65 heavy (non-hydrogen) atoms. The molecule has 0 aliphatic carbocycles. The Morgan fingerprint density at radius 3 is 1.18 bits per heavy atom. The molecule has 6 aromatic carbocycles. The molecule has 2 N–H and O–H groups in total. The summed E-state index contributed by atoms with van der Waals surface area (Å²) >= 11 is 0. The first-order chi connectivity index (χ1) is 31.8. The van der Waals surface area contributed by atoms with Crippen LogP contribution in [-0.2, 0) is 23.6 Å². The van der Waals surface area contributed by atoms with E-state index in [0.717, 1.165) is 52.3 Å². The number of hydrogen-bond donors (Lipinski definition) is 2. The third-order valence-electron chi connectivity index (χ3n) is 11.0. The van der Waals surface area contributed by atoms with Gasteiger partial charge in [-0.3, -0.25) is 24.7 Å². The first-order valence-corrected chi connectivity index (χ1v) is 24.4. The molecule has 0 saturated carbocycles. The highest BCUT2D eigenvalue weighted by Gasteiger charge is 2.50. The fraction of sp³-hybridized carbons (Fsp3) is 0.192. The quantitative estimate of drug-likeness (QED) is 0.0470. The van der Waals surface area contributed by atoms with Crippen molar-refractivity contribution >= 4 is 50.4 Å². The number of benzene rings is 6. The van der Waals surface area contributed by atoms with E-state index in [1.807, 2.05) is 150 Å². The summed E-state index contributed by atoms with van der Waals surface area (Å²) in [5.41, 5.74) is 5.60. The predicted molar refractivity (Wildman–Crippen MR) is 265 cm³/mol. The van der Waals surface area contributed by atoms with Crippen molar-refractivity contribution in [3.05, 3.63) is 217 Å². The van der Waals surface area contributed by atoms with Crippen LogP contribution in [0.3, 0.4) is 0 Å². The Hall–Kier alpha value is -6.48. The van der Waals surface area contributed by atoms with Crippen LogP contribution in [0.25, 0.3) is 0 Å². The summed E-state index contributed by atoms with van der Waals surface area (Å²) < 4.78 is 34.5. The molecule has 2 aliphatic rings. The molecule has 2 aliphatic heterocycles. The van der Waals surface area contributed by atoms with Gasteiger partial charge in [0.25, 0.3) is 7.44 Å². The Bertz CT molecular complexity index is 2390. The van der Waals surface area contributed by atoms with Gasteiger partial charge in [0.2, 0.25) is 0 Å². The van der Waals surface area contributed by atoms with E-state index in [9.17, 15) is 9.59 Å². The van der Waals surface area contributed by atoms with Crippen molar-refractivity contribution in [3.8, 4) is 0 Å². The second-order valence-corrected chi connectivity index (χ2v) is 19.6. The lowest BCUT2D eigenvalue weighted by Crippen LogP contribution is -2.26. The van der Waals surface area contributed by atoms with Gasteiger partial charge in [0.15, 0.2) is 0 Å². The van der Waals surface area contributed by atoms with Crippen LogP contribution in [-0.4, -0.2) is 61.8 Å². The lowest BCUT2D eigenvalue weighted by molar-refractivity contribution is -0.176. The molecule has 2 heterocycles. The molecule has 0 radical (unpaired) electrons. The molecule has 13 heteroatoms. The maximum absolute atomic E-state index is 15.0. The van der Waals surface area contributed by atoms with Crippen LogP contribution >= 0.6 is 15.7 Å². The number of carbonyl (C=O) groups excluding carboxylic acids is 2. The van der Waals surface area contributed by atoms with Crippen molar-refractivity contribution in [1.29, 1.82) is 0 Å². The summed E-state index contributed by atoms with van der Waals surface area (Å²) in [5.74, 6) is -2.03. The molecule has 0 amide bonds. The maximum Gasteiger partial charge on any atom is 0.318 e. The van der Waals surface area contributed by atoms with Gasteiger partial charge < -0.3 is 28.2 Å². The second-order valence-electron chi connectivity index (χ2n) is 14.8. The van der Waals surface area contributed by atoms with E-state index in [1.54, 1.807) is 6.92 Å². The highest BCUT2D eigenvalue weighted by atomic mass is 31.2. The first-order valence-electron chi connectivity index (χ1n) is 21.5. The van der Waals surface area contributed by atoms with Gasteiger partial charge in [-0.25, -0.2) is 0 Å². The third-order valence-corrected chi connectivity index (χ3v) is 16.7. The topological polar surface area (TPSA) is 123 Å². The second kappa shape index (κ2) is 23.4. The molecular weight excluding hydrogens is 855 g/mol. The van der Waals surface area contributed by atoms with Crippen LogP contribution < -0.4 is 18.7 Å². The fourth-order valence-electron chi connectivity index (χ4n) is 8.12. The van der Waals surface area contributed by atoms with E-state index in [1.165, 1.54) is 0 Å². The predicted octanol–water partition coefficient (Wildman–Crippen LogP) is 12.3. The van der Waals surface area contributed by atoms with E-state index in [2.05, 4.69) is 71.0 Å². The normalized spacial score (nSPS) is 15.1. The molecule has 2 saturated heterocycles. The van der Waals surface area contributed by atoms with Gasteiger partial charge >= 0.3 is 11.9 Å². The molecule has 6 aromatic rings. The summed E-state index contributed by atoms with van der Waals surface area (Å²) in [6.45, 7) is 15.9. The molecule has 0 bridgehead atoms. The Morgan fingerprint density at radius 2 is 0.831 bits per heavy atom. The number of ether oxygens (including phenoxy) is 2. The van der Waals surface area contributed by atoms with Gasteiger partial charge in [0.1, 0.15) is 20.1 Å². The van der Waals surface area contributed by atoms with Crippen LogP contribution in [0.15, 0.2) is 206 Å². The molecule has 8 rings (SSSR count). The zero-order chi connectivity index (χ0) is 46.2. The molecular formula is C52H56N4O7P2. The average Bonchev–Trinajstić information content (AvgIpc) is 3.97. The smallest absolute Gasteiger partial charge is 0.318 e. The fourth-order valence-corrected chi connectivity index (χ4v) is 13.8.